The summed E-state index contributed by atoms with van der Waals surface area (Å²) in [5.41, 5.74) is 1.17. The lowest BCUT2D eigenvalue weighted by atomic mass is 10.4. The average molecular weight is 339 g/mol. The van der Waals surface area contributed by atoms with E-state index in [1.807, 2.05) is 6.92 Å². The van der Waals surface area contributed by atoms with Gasteiger partial charge in [0.25, 0.3) is 0 Å². The fraction of sp³-hybridized carbons (Fsp3) is 0.600. The highest BCUT2D eigenvalue weighted by Gasteiger charge is 2.30. The standard InChI is InChI=1S/C10H15BrN2O4S/c1-4-13-8(9(11)6(2)12-13)5-18(16,17)7(3)10(14)15/h7H,4-5H2,1-3H3,(H,14,15). The predicted octanol–water partition coefficient (Wildman–Crippen LogP) is 1.36. The van der Waals surface area contributed by atoms with Gasteiger partial charge >= 0.3 is 5.97 Å². The highest BCUT2D eigenvalue weighted by atomic mass is 79.9. The normalized spacial score (nSPS) is 13.6. The number of hydrogen-bond donors (Lipinski definition) is 1. The van der Waals surface area contributed by atoms with Crippen LogP contribution in [-0.2, 0) is 26.9 Å². The summed E-state index contributed by atoms with van der Waals surface area (Å²) >= 11 is 3.29. The Morgan fingerprint density at radius 3 is 2.56 bits per heavy atom. The largest absolute Gasteiger partial charge is 0.480 e. The molecule has 1 unspecified atom stereocenters. The van der Waals surface area contributed by atoms with Crippen molar-refractivity contribution < 1.29 is 18.3 Å². The molecule has 0 saturated heterocycles. The van der Waals surface area contributed by atoms with Gasteiger partial charge in [0.15, 0.2) is 15.1 Å². The number of carbonyl (C=O) groups is 1. The molecule has 1 atom stereocenters. The molecule has 0 bridgehead atoms. The maximum absolute atomic E-state index is 11.9. The molecule has 1 heterocycles. The minimum Gasteiger partial charge on any atom is -0.480 e. The Bertz CT molecular complexity index is 565. The molecule has 0 aliphatic carbocycles. The van der Waals surface area contributed by atoms with Gasteiger partial charge in [0.2, 0.25) is 0 Å². The van der Waals surface area contributed by atoms with Crippen LogP contribution in [0.3, 0.4) is 0 Å². The topological polar surface area (TPSA) is 89.3 Å². The fourth-order valence-corrected chi connectivity index (χ4v) is 3.32. The number of sulfone groups is 1. The summed E-state index contributed by atoms with van der Waals surface area (Å²) in [6.07, 6.45) is 0. The monoisotopic (exact) mass is 338 g/mol. The molecular weight excluding hydrogens is 324 g/mol. The van der Waals surface area contributed by atoms with Crippen LogP contribution < -0.4 is 0 Å². The van der Waals surface area contributed by atoms with E-state index < -0.39 is 21.1 Å². The Balaban J connectivity index is 3.16. The minimum absolute atomic E-state index is 0.338. The van der Waals surface area contributed by atoms with Crippen LogP contribution in [0.4, 0.5) is 0 Å². The van der Waals surface area contributed by atoms with E-state index in [-0.39, 0.29) is 5.75 Å². The molecule has 102 valence electrons. The van der Waals surface area contributed by atoms with E-state index in [4.69, 9.17) is 5.11 Å². The third kappa shape index (κ3) is 2.92. The first-order chi connectivity index (χ1) is 8.20. The summed E-state index contributed by atoms with van der Waals surface area (Å²) < 4.78 is 26.0. The number of hydrogen-bond acceptors (Lipinski definition) is 4. The van der Waals surface area contributed by atoms with Crippen molar-refractivity contribution in [2.75, 3.05) is 0 Å². The maximum atomic E-state index is 11.9. The van der Waals surface area contributed by atoms with Gasteiger partial charge in [-0.2, -0.15) is 5.10 Å². The molecule has 0 amide bonds. The summed E-state index contributed by atoms with van der Waals surface area (Å²) in [4.78, 5) is 10.8. The molecule has 0 aromatic carbocycles. The lowest BCUT2D eigenvalue weighted by molar-refractivity contribution is -0.136. The quantitative estimate of drug-likeness (QED) is 0.875. The average Bonchev–Trinajstić information content (AvgIpc) is 2.55. The Morgan fingerprint density at radius 1 is 1.56 bits per heavy atom. The summed E-state index contributed by atoms with van der Waals surface area (Å²) in [7, 11) is -3.74. The van der Waals surface area contributed by atoms with Gasteiger partial charge in [-0.1, -0.05) is 0 Å². The number of aliphatic carboxylic acids is 1. The Hall–Kier alpha value is -0.890. The molecule has 0 saturated carbocycles. The second kappa shape index (κ2) is 5.40. The molecule has 0 radical (unpaired) electrons. The number of carboxylic acid groups (broad SMARTS) is 1. The molecule has 1 N–H and O–H groups in total. The van der Waals surface area contributed by atoms with Crippen LogP contribution in [0.5, 0.6) is 0 Å². The van der Waals surface area contributed by atoms with Gasteiger partial charge in [0.05, 0.1) is 21.6 Å². The van der Waals surface area contributed by atoms with Crippen molar-refractivity contribution in [3.63, 3.8) is 0 Å². The first-order valence-electron chi connectivity index (χ1n) is 5.36. The number of rotatable bonds is 5. The number of aromatic nitrogens is 2. The van der Waals surface area contributed by atoms with Crippen LogP contribution in [0, 0.1) is 6.92 Å². The van der Waals surface area contributed by atoms with E-state index in [0.717, 1.165) is 0 Å². The molecular formula is C10H15BrN2O4S. The Labute approximate surface area is 114 Å². The molecule has 1 rings (SSSR count). The van der Waals surface area contributed by atoms with Crippen molar-refractivity contribution in [1.29, 1.82) is 0 Å². The van der Waals surface area contributed by atoms with Gasteiger partial charge in [0.1, 0.15) is 0 Å². The van der Waals surface area contributed by atoms with Crippen molar-refractivity contribution in [2.24, 2.45) is 0 Å². The molecule has 6 nitrogen and oxygen atoms in total. The third-order valence-electron chi connectivity index (χ3n) is 2.68. The molecule has 1 aromatic rings. The van der Waals surface area contributed by atoms with Gasteiger partial charge in [-0.15, -0.1) is 0 Å². The number of nitrogens with zero attached hydrogens (tertiary/aromatic N) is 2. The molecule has 8 heteroatoms. The highest BCUT2D eigenvalue weighted by Crippen LogP contribution is 2.24. The fourth-order valence-electron chi connectivity index (χ4n) is 1.48. The van der Waals surface area contributed by atoms with Crippen LogP contribution in [0.15, 0.2) is 4.47 Å². The second-order valence-corrected chi connectivity index (χ2v) is 7.06. The zero-order valence-corrected chi connectivity index (χ0v) is 12.7. The van der Waals surface area contributed by atoms with Crippen LogP contribution in [-0.4, -0.2) is 34.5 Å². The summed E-state index contributed by atoms with van der Waals surface area (Å²) in [6.45, 7) is 5.30. The van der Waals surface area contributed by atoms with Crippen LogP contribution in [0.1, 0.15) is 25.2 Å². The molecule has 0 aliphatic heterocycles. The van der Waals surface area contributed by atoms with Crippen molar-refractivity contribution in [2.45, 2.75) is 38.3 Å². The summed E-state index contributed by atoms with van der Waals surface area (Å²) in [5, 5.41) is 11.5. The van der Waals surface area contributed by atoms with Crippen LogP contribution in [0.25, 0.3) is 0 Å². The molecule has 1 aromatic heterocycles. The van der Waals surface area contributed by atoms with E-state index in [9.17, 15) is 13.2 Å². The summed E-state index contributed by atoms with van der Waals surface area (Å²) in [5.74, 6) is -1.68. The van der Waals surface area contributed by atoms with Gasteiger partial charge < -0.3 is 5.11 Å². The molecule has 18 heavy (non-hydrogen) atoms. The minimum atomic E-state index is -3.74. The van der Waals surface area contributed by atoms with Crippen molar-refractivity contribution >= 4 is 31.7 Å². The third-order valence-corrected chi connectivity index (χ3v) is 5.66. The van der Waals surface area contributed by atoms with Gasteiger partial charge in [0, 0.05) is 6.54 Å². The number of halogens is 1. The lowest BCUT2D eigenvalue weighted by Gasteiger charge is -2.10. The van der Waals surface area contributed by atoms with E-state index in [1.165, 1.54) is 6.92 Å². The van der Waals surface area contributed by atoms with Gasteiger partial charge in [-0.3, -0.25) is 9.48 Å². The Morgan fingerprint density at radius 2 is 2.11 bits per heavy atom. The van der Waals surface area contributed by atoms with Crippen molar-refractivity contribution in [3.05, 3.63) is 15.9 Å². The summed E-state index contributed by atoms with van der Waals surface area (Å²) in [6, 6.07) is 0. The van der Waals surface area contributed by atoms with E-state index >= 15 is 0 Å². The first-order valence-corrected chi connectivity index (χ1v) is 7.87. The zero-order valence-electron chi connectivity index (χ0n) is 10.3. The predicted molar refractivity (Wildman–Crippen MR) is 70.1 cm³/mol. The maximum Gasteiger partial charge on any atom is 0.321 e. The van der Waals surface area contributed by atoms with E-state index in [1.54, 1.807) is 11.6 Å². The van der Waals surface area contributed by atoms with Gasteiger partial charge in [-0.05, 0) is 36.7 Å². The smallest absolute Gasteiger partial charge is 0.321 e. The Kier molecular flexibility index (Phi) is 4.55. The number of aryl methyl sites for hydroxylation is 2. The SMILES string of the molecule is CCn1nc(C)c(Br)c1CS(=O)(=O)C(C)C(=O)O. The lowest BCUT2D eigenvalue weighted by Crippen LogP contribution is -2.28. The van der Waals surface area contributed by atoms with Crippen LogP contribution >= 0.6 is 15.9 Å². The first kappa shape index (κ1) is 15.2. The van der Waals surface area contributed by atoms with Crippen molar-refractivity contribution in [1.82, 2.24) is 9.78 Å². The van der Waals surface area contributed by atoms with Gasteiger partial charge in [-0.25, -0.2) is 8.42 Å². The molecule has 0 spiro atoms. The number of carboxylic acids is 1. The molecule has 0 fully saturated rings. The zero-order chi connectivity index (χ0) is 14.1. The second-order valence-electron chi connectivity index (χ2n) is 3.95. The van der Waals surface area contributed by atoms with Crippen LogP contribution in [0.2, 0.25) is 0 Å². The molecule has 0 aliphatic rings. The van der Waals surface area contributed by atoms with E-state index in [0.29, 0.717) is 22.4 Å². The highest BCUT2D eigenvalue weighted by molar-refractivity contribution is 9.10. The van der Waals surface area contributed by atoms with E-state index in [2.05, 4.69) is 21.0 Å². The van der Waals surface area contributed by atoms with Crippen molar-refractivity contribution in [3.8, 4) is 0 Å².